The first-order valence-corrected chi connectivity index (χ1v) is 8.49. The zero-order valence-electron chi connectivity index (χ0n) is 14.9. The van der Waals surface area contributed by atoms with Gasteiger partial charge in [0.25, 0.3) is 5.91 Å². The van der Waals surface area contributed by atoms with Crippen LogP contribution in [-0.4, -0.2) is 51.4 Å². The van der Waals surface area contributed by atoms with Crippen LogP contribution in [0.3, 0.4) is 0 Å². The van der Waals surface area contributed by atoms with Gasteiger partial charge in [-0.1, -0.05) is 26.8 Å². The normalized spacial score (nSPS) is 20.7. The Morgan fingerprint density at radius 3 is 2.88 bits per heavy atom. The Morgan fingerprint density at radius 2 is 2.24 bits per heavy atom. The van der Waals surface area contributed by atoms with Gasteiger partial charge in [0.05, 0.1) is 0 Å². The van der Waals surface area contributed by atoms with Crippen LogP contribution >= 0.6 is 0 Å². The van der Waals surface area contributed by atoms with Crippen LogP contribution in [0.1, 0.15) is 43.4 Å². The third kappa shape index (κ3) is 3.99. The maximum atomic E-state index is 12.3. The summed E-state index contributed by atoms with van der Waals surface area (Å²) >= 11 is 0. The van der Waals surface area contributed by atoms with E-state index < -0.39 is 5.60 Å². The van der Waals surface area contributed by atoms with Crippen LogP contribution in [0.2, 0.25) is 0 Å². The van der Waals surface area contributed by atoms with Crippen LogP contribution in [-0.2, 0) is 5.41 Å². The maximum absolute atomic E-state index is 12.3. The standard InChI is InChI=1S/C18H25N5O2/c1-17(2,3)14-10-13(21-22-14)16(24)20-11-18(25)7-9-23(12-18)15-6-4-5-8-19-15/h4-6,8,10,25H,7,9,11-12H2,1-3H3,(H,20,24)(H,21,22). The lowest BCUT2D eigenvalue weighted by atomic mass is 9.92. The van der Waals surface area contributed by atoms with E-state index in [2.05, 4.69) is 41.3 Å². The predicted molar refractivity (Wildman–Crippen MR) is 95.6 cm³/mol. The Labute approximate surface area is 147 Å². The summed E-state index contributed by atoms with van der Waals surface area (Å²) < 4.78 is 0. The number of rotatable bonds is 4. The van der Waals surface area contributed by atoms with E-state index >= 15 is 0 Å². The van der Waals surface area contributed by atoms with Gasteiger partial charge in [-0.3, -0.25) is 9.89 Å². The molecule has 2 aromatic heterocycles. The van der Waals surface area contributed by atoms with E-state index in [1.807, 2.05) is 23.1 Å². The Balaban J connectivity index is 1.58. The Morgan fingerprint density at radius 1 is 1.44 bits per heavy atom. The summed E-state index contributed by atoms with van der Waals surface area (Å²) in [5.74, 6) is 0.559. The average Bonchev–Trinajstić information content (AvgIpc) is 3.21. The Bertz CT molecular complexity index is 737. The molecule has 1 saturated heterocycles. The van der Waals surface area contributed by atoms with Crippen molar-refractivity contribution in [2.75, 3.05) is 24.5 Å². The molecule has 1 atom stereocenters. The number of H-pyrrole nitrogens is 1. The highest BCUT2D eigenvalue weighted by Crippen LogP contribution is 2.25. The van der Waals surface area contributed by atoms with Crippen LogP contribution in [0.15, 0.2) is 30.5 Å². The first-order valence-electron chi connectivity index (χ1n) is 8.49. The molecule has 1 fully saturated rings. The van der Waals surface area contributed by atoms with Crippen molar-refractivity contribution in [1.82, 2.24) is 20.5 Å². The summed E-state index contributed by atoms with van der Waals surface area (Å²) in [7, 11) is 0. The zero-order chi connectivity index (χ0) is 18.1. The molecular weight excluding hydrogens is 318 g/mol. The highest BCUT2D eigenvalue weighted by Gasteiger charge is 2.37. The van der Waals surface area contributed by atoms with Crippen molar-refractivity contribution in [3.05, 3.63) is 41.9 Å². The number of hydrogen-bond donors (Lipinski definition) is 3. The number of pyridine rings is 1. The molecule has 0 saturated carbocycles. The fourth-order valence-corrected chi connectivity index (χ4v) is 2.89. The molecule has 2 aromatic rings. The van der Waals surface area contributed by atoms with Crippen molar-refractivity contribution in [3.8, 4) is 0 Å². The van der Waals surface area contributed by atoms with Crippen molar-refractivity contribution in [2.24, 2.45) is 0 Å². The molecule has 0 radical (unpaired) electrons. The number of aliphatic hydroxyl groups is 1. The van der Waals surface area contributed by atoms with Gasteiger partial charge in [-0.2, -0.15) is 5.10 Å². The molecule has 1 aliphatic rings. The number of anilines is 1. The second kappa shape index (κ2) is 6.48. The maximum Gasteiger partial charge on any atom is 0.271 e. The van der Waals surface area contributed by atoms with Crippen molar-refractivity contribution in [1.29, 1.82) is 0 Å². The van der Waals surface area contributed by atoms with Gasteiger partial charge >= 0.3 is 0 Å². The highest BCUT2D eigenvalue weighted by atomic mass is 16.3. The first-order chi connectivity index (χ1) is 11.8. The van der Waals surface area contributed by atoms with Gasteiger partial charge in [-0.05, 0) is 24.6 Å². The summed E-state index contributed by atoms with van der Waals surface area (Å²) in [5, 5.41) is 20.5. The monoisotopic (exact) mass is 343 g/mol. The molecule has 3 N–H and O–H groups in total. The second-order valence-corrected chi connectivity index (χ2v) is 7.68. The summed E-state index contributed by atoms with van der Waals surface area (Å²) in [6.45, 7) is 7.49. The molecule has 0 aromatic carbocycles. The van der Waals surface area contributed by atoms with E-state index in [1.54, 1.807) is 12.3 Å². The number of aromatic amines is 1. The lowest BCUT2D eigenvalue weighted by molar-refractivity contribution is 0.0574. The van der Waals surface area contributed by atoms with Gasteiger partial charge in [0.15, 0.2) is 0 Å². The van der Waals surface area contributed by atoms with E-state index in [-0.39, 0.29) is 17.9 Å². The lowest BCUT2D eigenvalue weighted by Gasteiger charge is -2.24. The molecule has 7 heteroatoms. The SMILES string of the molecule is CC(C)(C)c1cc(C(=O)NCC2(O)CCN(c3ccccn3)C2)n[nH]1. The lowest BCUT2D eigenvalue weighted by Crippen LogP contribution is -2.45. The minimum atomic E-state index is -0.962. The number of amides is 1. The summed E-state index contributed by atoms with van der Waals surface area (Å²) in [5.41, 5.74) is 0.181. The highest BCUT2D eigenvalue weighted by molar-refractivity contribution is 5.92. The molecule has 0 spiro atoms. The van der Waals surface area contributed by atoms with Crippen molar-refractivity contribution >= 4 is 11.7 Å². The molecule has 3 heterocycles. The Hall–Kier alpha value is -2.41. The van der Waals surface area contributed by atoms with Crippen molar-refractivity contribution < 1.29 is 9.90 Å². The minimum absolute atomic E-state index is 0.0988. The minimum Gasteiger partial charge on any atom is -0.386 e. The van der Waals surface area contributed by atoms with Gasteiger partial charge < -0.3 is 15.3 Å². The van der Waals surface area contributed by atoms with E-state index in [0.29, 0.717) is 25.2 Å². The average molecular weight is 343 g/mol. The van der Waals surface area contributed by atoms with Gasteiger partial charge in [0.2, 0.25) is 0 Å². The van der Waals surface area contributed by atoms with Gasteiger partial charge in [-0.15, -0.1) is 0 Å². The molecule has 134 valence electrons. The quantitative estimate of drug-likeness (QED) is 0.782. The molecule has 0 aliphatic carbocycles. The predicted octanol–water partition coefficient (Wildman–Crippen LogP) is 1.47. The molecule has 3 rings (SSSR count). The van der Waals surface area contributed by atoms with Crippen LogP contribution in [0.4, 0.5) is 5.82 Å². The number of nitrogens with one attached hydrogen (secondary N) is 2. The summed E-state index contributed by atoms with van der Waals surface area (Å²) in [6, 6.07) is 7.46. The largest absolute Gasteiger partial charge is 0.386 e. The van der Waals surface area contributed by atoms with Gasteiger partial charge in [-0.25, -0.2) is 4.98 Å². The number of aromatic nitrogens is 3. The molecule has 7 nitrogen and oxygen atoms in total. The fraction of sp³-hybridized carbons (Fsp3) is 0.500. The Kier molecular flexibility index (Phi) is 4.51. The first kappa shape index (κ1) is 17.4. The number of hydrogen-bond acceptors (Lipinski definition) is 5. The molecule has 1 amide bonds. The summed E-state index contributed by atoms with van der Waals surface area (Å²) in [6.07, 6.45) is 2.32. The van der Waals surface area contributed by atoms with Gasteiger partial charge in [0.1, 0.15) is 17.1 Å². The van der Waals surface area contributed by atoms with E-state index in [9.17, 15) is 9.90 Å². The number of carbonyl (C=O) groups is 1. The molecule has 1 aliphatic heterocycles. The number of carbonyl (C=O) groups excluding carboxylic acids is 1. The van der Waals surface area contributed by atoms with E-state index in [0.717, 1.165) is 11.5 Å². The number of β-amino-alcohol motifs (C(OH)–C–C–N with tert-alkyl or cyclic N) is 1. The van der Waals surface area contributed by atoms with Crippen LogP contribution < -0.4 is 10.2 Å². The van der Waals surface area contributed by atoms with E-state index in [1.165, 1.54) is 0 Å². The molecule has 1 unspecified atom stereocenters. The molecular formula is C18H25N5O2. The van der Waals surface area contributed by atoms with Crippen molar-refractivity contribution in [2.45, 2.75) is 38.2 Å². The van der Waals surface area contributed by atoms with Crippen LogP contribution in [0.25, 0.3) is 0 Å². The third-order valence-corrected chi connectivity index (χ3v) is 4.50. The molecule has 25 heavy (non-hydrogen) atoms. The fourth-order valence-electron chi connectivity index (χ4n) is 2.89. The second-order valence-electron chi connectivity index (χ2n) is 7.68. The smallest absolute Gasteiger partial charge is 0.271 e. The number of nitrogens with zero attached hydrogens (tertiary/aromatic N) is 3. The zero-order valence-corrected chi connectivity index (χ0v) is 14.9. The summed E-state index contributed by atoms with van der Waals surface area (Å²) in [4.78, 5) is 18.6. The molecule has 0 bridgehead atoms. The van der Waals surface area contributed by atoms with Crippen LogP contribution in [0.5, 0.6) is 0 Å². The van der Waals surface area contributed by atoms with Crippen molar-refractivity contribution in [3.63, 3.8) is 0 Å². The van der Waals surface area contributed by atoms with Gasteiger partial charge in [0, 0.05) is 36.9 Å². The van der Waals surface area contributed by atoms with E-state index in [4.69, 9.17) is 0 Å². The topological polar surface area (TPSA) is 94.1 Å². The van der Waals surface area contributed by atoms with Crippen LogP contribution in [0, 0.1) is 0 Å². The third-order valence-electron chi connectivity index (χ3n) is 4.50.